The second kappa shape index (κ2) is 6.06. The summed E-state index contributed by atoms with van der Waals surface area (Å²) in [6.07, 6.45) is -3.41. The highest BCUT2D eigenvalue weighted by Gasteiger charge is 2.30. The second-order valence-corrected chi connectivity index (χ2v) is 5.27. The Kier molecular flexibility index (Phi) is 4.38. The average molecular weight is 309 g/mol. The number of nitriles is 1. The first-order valence-electron chi connectivity index (χ1n) is 5.86. The van der Waals surface area contributed by atoms with Gasteiger partial charge < -0.3 is 5.73 Å². The van der Waals surface area contributed by atoms with E-state index >= 15 is 0 Å². The van der Waals surface area contributed by atoms with E-state index in [1.807, 2.05) is 6.07 Å². The van der Waals surface area contributed by atoms with Crippen LogP contribution in [0.2, 0.25) is 0 Å². The Morgan fingerprint density at radius 2 is 2.00 bits per heavy atom. The summed E-state index contributed by atoms with van der Waals surface area (Å²) in [5.74, 6) is 0. The number of anilines is 1. The van der Waals surface area contributed by atoms with Gasteiger partial charge in [-0.1, -0.05) is 11.8 Å². The molecule has 0 amide bonds. The lowest BCUT2D eigenvalue weighted by atomic mass is 10.1. The summed E-state index contributed by atoms with van der Waals surface area (Å²) in [6, 6.07) is 9.45. The number of nitrogens with zero attached hydrogens (tertiary/aromatic N) is 2. The van der Waals surface area contributed by atoms with E-state index in [4.69, 9.17) is 11.0 Å². The van der Waals surface area contributed by atoms with Crippen LogP contribution in [0.3, 0.4) is 0 Å². The molecule has 0 saturated carbocycles. The Balaban J connectivity index is 2.19. The number of pyridine rings is 1. The van der Waals surface area contributed by atoms with E-state index in [-0.39, 0.29) is 6.42 Å². The van der Waals surface area contributed by atoms with Crippen LogP contribution in [-0.4, -0.2) is 4.98 Å². The topological polar surface area (TPSA) is 62.7 Å². The summed E-state index contributed by atoms with van der Waals surface area (Å²) in [5.41, 5.74) is 6.16. The lowest BCUT2D eigenvalue weighted by Crippen LogP contribution is -2.05. The molecule has 0 fully saturated rings. The Labute approximate surface area is 123 Å². The van der Waals surface area contributed by atoms with Gasteiger partial charge in [-0.3, -0.25) is 0 Å². The molecule has 0 aliphatic carbocycles. The van der Waals surface area contributed by atoms with Gasteiger partial charge in [-0.25, -0.2) is 4.98 Å². The Hall–Kier alpha value is -2.20. The molecule has 0 spiro atoms. The predicted molar refractivity (Wildman–Crippen MR) is 73.5 cm³/mol. The van der Waals surface area contributed by atoms with Crippen molar-refractivity contribution in [2.24, 2.45) is 0 Å². The quantitative estimate of drug-likeness (QED) is 0.873. The summed E-state index contributed by atoms with van der Waals surface area (Å²) in [7, 11) is 0. The SMILES string of the molecule is N#CCc1cc(Sc2ccc(C(F)(F)F)cn2)ccc1N. The molecule has 0 aliphatic heterocycles. The molecule has 2 rings (SSSR count). The summed E-state index contributed by atoms with van der Waals surface area (Å²) in [6.45, 7) is 0. The van der Waals surface area contributed by atoms with Crippen LogP contribution in [0, 0.1) is 11.3 Å². The van der Waals surface area contributed by atoms with Crippen LogP contribution in [0.15, 0.2) is 46.5 Å². The van der Waals surface area contributed by atoms with Gasteiger partial charge in [0.05, 0.1) is 18.1 Å². The van der Waals surface area contributed by atoms with Crippen molar-refractivity contribution in [3.8, 4) is 6.07 Å². The molecule has 0 atom stereocenters. The van der Waals surface area contributed by atoms with Crippen molar-refractivity contribution < 1.29 is 13.2 Å². The van der Waals surface area contributed by atoms with Crippen LogP contribution in [-0.2, 0) is 12.6 Å². The Morgan fingerprint density at radius 1 is 1.24 bits per heavy atom. The molecule has 3 nitrogen and oxygen atoms in total. The molecule has 0 saturated heterocycles. The average Bonchev–Trinajstić information content (AvgIpc) is 2.42. The molecule has 21 heavy (non-hydrogen) atoms. The standard InChI is InChI=1S/C14H10F3N3S/c15-14(16,17)10-1-4-13(20-8-10)21-11-2-3-12(19)9(7-11)5-6-18/h1-4,7-8H,5,19H2. The first-order valence-corrected chi connectivity index (χ1v) is 6.68. The molecule has 1 aromatic carbocycles. The van der Waals surface area contributed by atoms with E-state index in [2.05, 4.69) is 4.98 Å². The highest BCUT2D eigenvalue weighted by atomic mass is 32.2. The molecule has 0 aliphatic rings. The molecule has 108 valence electrons. The fourth-order valence-electron chi connectivity index (χ4n) is 1.61. The number of aromatic nitrogens is 1. The van der Waals surface area contributed by atoms with E-state index in [0.29, 0.717) is 16.3 Å². The van der Waals surface area contributed by atoms with Gasteiger partial charge >= 0.3 is 6.18 Å². The number of hydrogen-bond acceptors (Lipinski definition) is 4. The minimum Gasteiger partial charge on any atom is -0.398 e. The Bertz CT molecular complexity index is 675. The molecular formula is C14H10F3N3S. The number of benzene rings is 1. The summed E-state index contributed by atoms with van der Waals surface area (Å²) in [4.78, 5) is 4.55. The largest absolute Gasteiger partial charge is 0.417 e. The highest BCUT2D eigenvalue weighted by Crippen LogP contribution is 2.32. The van der Waals surface area contributed by atoms with Gasteiger partial charge in [0.15, 0.2) is 0 Å². The van der Waals surface area contributed by atoms with Crippen LogP contribution in [0.5, 0.6) is 0 Å². The van der Waals surface area contributed by atoms with Crippen LogP contribution >= 0.6 is 11.8 Å². The van der Waals surface area contributed by atoms with Gasteiger partial charge in [-0.05, 0) is 35.9 Å². The molecule has 2 aromatic rings. The fraction of sp³-hybridized carbons (Fsp3) is 0.143. The third-order valence-corrected chi connectivity index (χ3v) is 3.61. The summed E-state index contributed by atoms with van der Waals surface area (Å²) in [5, 5.41) is 9.14. The first kappa shape index (κ1) is 15.2. The van der Waals surface area contributed by atoms with Crippen molar-refractivity contribution in [1.29, 1.82) is 5.26 Å². The van der Waals surface area contributed by atoms with E-state index in [1.165, 1.54) is 17.8 Å². The van der Waals surface area contributed by atoms with Crippen LogP contribution < -0.4 is 5.73 Å². The van der Waals surface area contributed by atoms with Crippen molar-refractivity contribution in [2.75, 3.05) is 5.73 Å². The van der Waals surface area contributed by atoms with Gasteiger partial charge in [-0.15, -0.1) is 0 Å². The maximum atomic E-state index is 12.4. The first-order chi connectivity index (χ1) is 9.90. The summed E-state index contributed by atoms with van der Waals surface area (Å²) < 4.78 is 37.3. The molecule has 0 radical (unpaired) electrons. The van der Waals surface area contributed by atoms with E-state index in [0.717, 1.165) is 17.2 Å². The van der Waals surface area contributed by atoms with Crippen molar-refractivity contribution >= 4 is 17.4 Å². The number of nitrogen functional groups attached to an aromatic ring is 1. The molecule has 2 N–H and O–H groups in total. The van der Waals surface area contributed by atoms with Crippen molar-refractivity contribution in [3.05, 3.63) is 47.7 Å². The normalized spacial score (nSPS) is 11.1. The summed E-state index contributed by atoms with van der Waals surface area (Å²) >= 11 is 1.21. The van der Waals surface area contributed by atoms with Gasteiger partial charge in [0.1, 0.15) is 5.03 Å². The van der Waals surface area contributed by atoms with Gasteiger partial charge in [0.2, 0.25) is 0 Å². The lowest BCUT2D eigenvalue weighted by Gasteiger charge is -2.08. The molecular weight excluding hydrogens is 299 g/mol. The second-order valence-electron chi connectivity index (χ2n) is 4.18. The van der Waals surface area contributed by atoms with Crippen molar-refractivity contribution in [2.45, 2.75) is 22.5 Å². The number of alkyl halides is 3. The smallest absolute Gasteiger partial charge is 0.398 e. The minimum atomic E-state index is -4.39. The van der Waals surface area contributed by atoms with Crippen LogP contribution in [0.4, 0.5) is 18.9 Å². The van der Waals surface area contributed by atoms with Crippen molar-refractivity contribution in [3.63, 3.8) is 0 Å². The lowest BCUT2D eigenvalue weighted by molar-refractivity contribution is -0.137. The Morgan fingerprint density at radius 3 is 2.57 bits per heavy atom. The number of halogens is 3. The zero-order valence-electron chi connectivity index (χ0n) is 10.7. The number of nitrogens with two attached hydrogens (primary N) is 1. The van der Waals surface area contributed by atoms with Crippen molar-refractivity contribution in [1.82, 2.24) is 4.98 Å². The third kappa shape index (κ3) is 3.89. The van der Waals surface area contributed by atoms with Crippen LogP contribution in [0.1, 0.15) is 11.1 Å². The van der Waals surface area contributed by atoms with Gasteiger partial charge in [0, 0.05) is 16.8 Å². The fourth-order valence-corrected chi connectivity index (χ4v) is 2.43. The van der Waals surface area contributed by atoms with E-state index in [1.54, 1.807) is 18.2 Å². The molecule has 0 bridgehead atoms. The van der Waals surface area contributed by atoms with Gasteiger partial charge in [-0.2, -0.15) is 18.4 Å². The zero-order chi connectivity index (χ0) is 15.5. The zero-order valence-corrected chi connectivity index (χ0v) is 11.5. The maximum Gasteiger partial charge on any atom is 0.417 e. The molecule has 1 heterocycles. The van der Waals surface area contributed by atoms with E-state index in [9.17, 15) is 13.2 Å². The highest BCUT2D eigenvalue weighted by molar-refractivity contribution is 7.99. The maximum absolute atomic E-state index is 12.4. The molecule has 1 aromatic heterocycles. The molecule has 7 heteroatoms. The van der Waals surface area contributed by atoms with Gasteiger partial charge in [0.25, 0.3) is 0 Å². The van der Waals surface area contributed by atoms with Crippen LogP contribution in [0.25, 0.3) is 0 Å². The monoisotopic (exact) mass is 309 g/mol. The third-order valence-electron chi connectivity index (χ3n) is 2.67. The minimum absolute atomic E-state index is 0.181. The number of hydrogen-bond donors (Lipinski definition) is 1. The molecule has 0 unspecified atom stereocenters. The van der Waals surface area contributed by atoms with E-state index < -0.39 is 11.7 Å². The number of rotatable bonds is 3. The predicted octanol–water partition coefficient (Wildman–Crippen LogP) is 3.90.